The van der Waals surface area contributed by atoms with Gasteiger partial charge in [-0.15, -0.1) is 0 Å². The molecule has 3 heteroatoms. The van der Waals surface area contributed by atoms with Gasteiger partial charge in [0.1, 0.15) is 0 Å². The van der Waals surface area contributed by atoms with E-state index >= 15 is 0 Å². The summed E-state index contributed by atoms with van der Waals surface area (Å²) in [6.07, 6.45) is 3.93. The highest BCUT2D eigenvalue weighted by atomic mass is 28.3. The minimum Gasteiger partial charge on any atom is -0.309 e. The molecule has 11 rings (SSSR count). The second kappa shape index (κ2) is 13.3. The van der Waals surface area contributed by atoms with Gasteiger partial charge in [-0.2, -0.15) is 0 Å². The Labute approximate surface area is 334 Å². The van der Waals surface area contributed by atoms with Gasteiger partial charge in [-0.3, -0.25) is 4.98 Å². The van der Waals surface area contributed by atoms with Crippen LogP contribution in [0.25, 0.3) is 38.6 Å². The summed E-state index contributed by atoms with van der Waals surface area (Å²) in [4.78, 5) is 4.64. The molecule has 0 N–H and O–H groups in total. The van der Waals surface area contributed by atoms with Crippen molar-refractivity contribution in [2.45, 2.75) is 5.41 Å². The van der Waals surface area contributed by atoms with Crippen molar-refractivity contribution < 1.29 is 0 Å². The van der Waals surface area contributed by atoms with E-state index in [1.54, 1.807) is 0 Å². The average Bonchev–Trinajstić information content (AvgIpc) is 3.79. The fourth-order valence-electron chi connectivity index (χ4n) is 10.0. The quantitative estimate of drug-likeness (QED) is 0.118. The van der Waals surface area contributed by atoms with E-state index in [1.807, 2.05) is 12.4 Å². The first-order valence-corrected chi connectivity index (χ1v) is 21.7. The molecule has 0 radical (unpaired) electrons. The van der Waals surface area contributed by atoms with Gasteiger partial charge in [0.2, 0.25) is 0 Å². The monoisotopic (exact) mass is 742 g/mol. The Bertz CT molecular complexity index is 2900. The normalized spacial score (nSPS) is 13.1. The van der Waals surface area contributed by atoms with Crippen molar-refractivity contribution in [1.29, 1.82) is 0 Å². The van der Waals surface area contributed by atoms with Crippen molar-refractivity contribution in [1.82, 2.24) is 9.55 Å². The van der Waals surface area contributed by atoms with Gasteiger partial charge < -0.3 is 4.57 Å². The molecule has 0 aliphatic heterocycles. The lowest BCUT2D eigenvalue weighted by Crippen LogP contribution is -2.74. The van der Waals surface area contributed by atoms with Gasteiger partial charge in [-0.1, -0.05) is 188 Å². The second-order valence-corrected chi connectivity index (χ2v) is 18.9. The molecule has 0 spiro atoms. The molecule has 8 aromatic carbocycles. The number of hydrogen-bond acceptors (Lipinski definition) is 1. The lowest BCUT2D eigenvalue weighted by Gasteiger charge is -2.36. The molecular formula is C54H38N2Si. The number of para-hydroxylation sites is 1. The third kappa shape index (κ3) is 4.86. The highest BCUT2D eigenvalue weighted by molar-refractivity contribution is 7.19. The minimum absolute atomic E-state index is 0.556. The van der Waals surface area contributed by atoms with E-state index in [2.05, 4.69) is 228 Å². The number of pyridine rings is 1. The predicted octanol–water partition coefficient (Wildman–Crippen LogP) is 9.92. The highest BCUT2D eigenvalue weighted by Crippen LogP contribution is 2.56. The third-order valence-electron chi connectivity index (χ3n) is 12.3. The zero-order valence-electron chi connectivity index (χ0n) is 31.3. The summed E-state index contributed by atoms with van der Waals surface area (Å²) in [5.41, 5.74) is 10.6. The van der Waals surface area contributed by atoms with Crippen molar-refractivity contribution in [2.75, 3.05) is 0 Å². The second-order valence-electron chi connectivity index (χ2n) is 15.1. The van der Waals surface area contributed by atoms with Crippen LogP contribution in [0.2, 0.25) is 0 Å². The summed E-state index contributed by atoms with van der Waals surface area (Å²) in [7, 11) is -2.72. The molecule has 0 saturated carbocycles. The lowest BCUT2D eigenvalue weighted by atomic mass is 9.67. The fourth-order valence-corrected chi connectivity index (χ4v) is 14.8. The number of benzene rings is 8. The molecule has 0 bridgehead atoms. The van der Waals surface area contributed by atoms with Gasteiger partial charge in [-0.05, 0) is 84.5 Å². The summed E-state index contributed by atoms with van der Waals surface area (Å²) in [5.74, 6) is 0. The zero-order chi connectivity index (χ0) is 37.8. The largest absolute Gasteiger partial charge is 0.309 e. The van der Waals surface area contributed by atoms with Crippen molar-refractivity contribution >= 4 is 50.6 Å². The number of nitrogens with zero attached hydrogens (tertiary/aromatic N) is 2. The van der Waals surface area contributed by atoms with Crippen LogP contribution in [-0.2, 0) is 5.41 Å². The van der Waals surface area contributed by atoms with Crippen molar-refractivity contribution in [3.05, 3.63) is 253 Å². The summed E-state index contributed by atoms with van der Waals surface area (Å²) >= 11 is 0. The Morgan fingerprint density at radius 2 is 0.842 bits per heavy atom. The highest BCUT2D eigenvalue weighted by Gasteiger charge is 2.47. The van der Waals surface area contributed by atoms with Gasteiger partial charge in [0.25, 0.3) is 0 Å². The summed E-state index contributed by atoms with van der Waals surface area (Å²) in [6.45, 7) is 0. The van der Waals surface area contributed by atoms with E-state index in [-0.39, 0.29) is 0 Å². The number of rotatable bonds is 7. The number of fused-ring (bicyclic) bond motifs is 6. The van der Waals surface area contributed by atoms with E-state index in [9.17, 15) is 0 Å². The lowest BCUT2D eigenvalue weighted by molar-refractivity contribution is 0.770. The molecule has 10 aromatic rings. The Hall–Kier alpha value is -7.07. The molecule has 1 aliphatic carbocycles. The SMILES string of the molecule is c1ccc(-n2c3ccncc3c3cc(C4(c5ccc([Si](c6ccccc6)(c6ccccc6)c6ccccc6)cc5)c5ccccc5-c5ccccc54)ccc32)cc1. The molecule has 0 fully saturated rings. The average molecular weight is 743 g/mol. The standard InChI is InChI=1S/C54H38N2Si/c1-5-17-41(18-6-1)56-52-34-31-40(37-48(52)49-38-55-36-35-53(49)56)54(50-27-15-13-25-46(50)47-26-14-16-28-51(47)54)39-29-32-45(33-30-39)57(42-19-7-2-8-20-42,43-21-9-3-10-22-43)44-23-11-4-12-24-44/h1-38H. The molecule has 2 heterocycles. The van der Waals surface area contributed by atoms with E-state index in [4.69, 9.17) is 0 Å². The Morgan fingerprint density at radius 1 is 0.386 bits per heavy atom. The van der Waals surface area contributed by atoms with Gasteiger partial charge in [0.05, 0.1) is 16.4 Å². The first-order valence-electron chi connectivity index (χ1n) is 19.7. The minimum atomic E-state index is -2.72. The van der Waals surface area contributed by atoms with Gasteiger partial charge in [0, 0.05) is 28.9 Å². The van der Waals surface area contributed by atoms with Crippen LogP contribution in [0, 0.1) is 0 Å². The fraction of sp³-hybridized carbons (Fsp3) is 0.0185. The van der Waals surface area contributed by atoms with E-state index in [1.165, 1.54) is 65.0 Å². The molecule has 0 saturated heterocycles. The van der Waals surface area contributed by atoms with Crippen molar-refractivity contribution in [3.63, 3.8) is 0 Å². The van der Waals surface area contributed by atoms with E-state index in [0.29, 0.717) is 0 Å². The number of aromatic nitrogens is 2. The summed E-state index contributed by atoms with van der Waals surface area (Å²) in [6, 6.07) is 81.3. The smallest absolute Gasteiger partial charge is 0.179 e. The maximum absolute atomic E-state index is 4.64. The Morgan fingerprint density at radius 3 is 1.40 bits per heavy atom. The topological polar surface area (TPSA) is 17.8 Å². The first-order chi connectivity index (χ1) is 28.3. The molecule has 268 valence electrons. The maximum atomic E-state index is 4.64. The zero-order valence-corrected chi connectivity index (χ0v) is 32.3. The van der Waals surface area contributed by atoms with Gasteiger partial charge in [-0.25, -0.2) is 0 Å². The van der Waals surface area contributed by atoms with Crippen LogP contribution in [0.3, 0.4) is 0 Å². The van der Waals surface area contributed by atoms with E-state index < -0.39 is 13.5 Å². The predicted molar refractivity (Wildman–Crippen MR) is 239 cm³/mol. The van der Waals surface area contributed by atoms with Crippen LogP contribution in [0.15, 0.2) is 231 Å². The number of hydrogen-bond donors (Lipinski definition) is 0. The Balaban J connectivity index is 1.20. The van der Waals surface area contributed by atoms with Crippen LogP contribution in [-0.4, -0.2) is 17.6 Å². The third-order valence-corrected chi connectivity index (χ3v) is 17.1. The van der Waals surface area contributed by atoms with Gasteiger partial charge in [0.15, 0.2) is 8.07 Å². The molecule has 1 aliphatic rings. The molecule has 2 nitrogen and oxygen atoms in total. The summed E-state index contributed by atoms with van der Waals surface area (Å²) in [5, 5.41) is 7.81. The van der Waals surface area contributed by atoms with Crippen LogP contribution < -0.4 is 20.7 Å². The van der Waals surface area contributed by atoms with Crippen molar-refractivity contribution in [2.24, 2.45) is 0 Å². The van der Waals surface area contributed by atoms with Crippen LogP contribution in [0.5, 0.6) is 0 Å². The molecule has 0 atom stereocenters. The molecular weight excluding hydrogens is 705 g/mol. The molecule has 0 unspecified atom stereocenters. The molecule has 57 heavy (non-hydrogen) atoms. The van der Waals surface area contributed by atoms with Gasteiger partial charge >= 0.3 is 0 Å². The van der Waals surface area contributed by atoms with E-state index in [0.717, 1.165) is 16.6 Å². The maximum Gasteiger partial charge on any atom is 0.179 e. The van der Waals surface area contributed by atoms with Crippen molar-refractivity contribution in [3.8, 4) is 16.8 Å². The Kier molecular flexibility index (Phi) is 7.76. The molecule has 0 amide bonds. The molecule has 2 aromatic heterocycles. The summed E-state index contributed by atoms with van der Waals surface area (Å²) < 4.78 is 2.37. The van der Waals surface area contributed by atoms with Crippen LogP contribution in [0.4, 0.5) is 0 Å². The van der Waals surface area contributed by atoms with Crippen LogP contribution >= 0.6 is 0 Å². The van der Waals surface area contributed by atoms with Crippen LogP contribution in [0.1, 0.15) is 22.3 Å². The first kappa shape index (κ1) is 33.3.